The number of unbranched alkanes of at least 4 members (excludes halogenated alkanes) is 4. The minimum absolute atomic E-state index is 0.773. The summed E-state index contributed by atoms with van der Waals surface area (Å²) in [7, 11) is 1.74. The predicted octanol–water partition coefficient (Wildman–Crippen LogP) is 3.25. The summed E-state index contributed by atoms with van der Waals surface area (Å²) in [6.07, 6.45) is 7.63. The van der Waals surface area contributed by atoms with Crippen LogP contribution in [0.5, 0.6) is 0 Å². The third kappa shape index (κ3) is 6.62. The number of methoxy groups -OCH3 is 1. The number of hydrogen-bond donors (Lipinski definition) is 1. The molecule has 1 aromatic rings. The van der Waals surface area contributed by atoms with Gasteiger partial charge in [0.1, 0.15) is 0 Å². The van der Waals surface area contributed by atoms with E-state index in [0.29, 0.717) is 0 Å². The van der Waals surface area contributed by atoms with Crippen molar-refractivity contribution in [2.24, 2.45) is 0 Å². The number of hydrogen-bond acceptors (Lipinski definition) is 3. The molecular weight excluding hydrogens is 262 g/mol. The highest BCUT2D eigenvalue weighted by Gasteiger charge is 2.10. The van der Waals surface area contributed by atoms with Crippen LogP contribution in [0.15, 0.2) is 0 Å². The summed E-state index contributed by atoms with van der Waals surface area (Å²) in [4.78, 5) is 0. The van der Waals surface area contributed by atoms with E-state index in [-0.39, 0.29) is 0 Å². The quantitative estimate of drug-likeness (QED) is 0.602. The Morgan fingerprint density at radius 3 is 2.57 bits per heavy atom. The Kier molecular flexibility index (Phi) is 9.35. The second-order valence-corrected chi connectivity index (χ2v) is 5.78. The van der Waals surface area contributed by atoms with Gasteiger partial charge in [0.2, 0.25) is 0 Å². The molecule has 122 valence electrons. The first-order chi connectivity index (χ1) is 10.2. The van der Waals surface area contributed by atoms with Gasteiger partial charge >= 0.3 is 0 Å². The maximum absolute atomic E-state index is 5.04. The van der Waals surface area contributed by atoms with E-state index in [0.717, 1.165) is 32.7 Å². The average molecular weight is 295 g/mol. The Bertz CT molecular complexity index is 388. The van der Waals surface area contributed by atoms with Gasteiger partial charge in [-0.3, -0.25) is 4.68 Å². The van der Waals surface area contributed by atoms with Crippen molar-refractivity contribution < 1.29 is 4.74 Å². The van der Waals surface area contributed by atoms with Crippen LogP contribution in [0.4, 0.5) is 0 Å². The van der Waals surface area contributed by atoms with Crippen LogP contribution in [0.25, 0.3) is 0 Å². The van der Waals surface area contributed by atoms with Crippen LogP contribution in [0.1, 0.15) is 56.0 Å². The molecule has 0 unspecified atom stereocenters. The summed E-state index contributed by atoms with van der Waals surface area (Å²) >= 11 is 0. The Balaban J connectivity index is 2.36. The molecule has 1 aromatic heterocycles. The van der Waals surface area contributed by atoms with E-state index < -0.39 is 0 Å². The molecule has 0 amide bonds. The van der Waals surface area contributed by atoms with Crippen LogP contribution in [-0.4, -0.2) is 36.6 Å². The fraction of sp³-hybridized carbons (Fsp3) is 0.824. The van der Waals surface area contributed by atoms with Crippen molar-refractivity contribution in [2.45, 2.75) is 65.8 Å². The predicted molar refractivity (Wildman–Crippen MR) is 88.9 cm³/mol. The van der Waals surface area contributed by atoms with E-state index in [2.05, 4.69) is 30.8 Å². The summed E-state index contributed by atoms with van der Waals surface area (Å²) in [6, 6.07) is 0. The van der Waals surface area contributed by atoms with Crippen molar-refractivity contribution in [1.82, 2.24) is 15.1 Å². The lowest BCUT2D eigenvalue weighted by Gasteiger charge is -2.06. The summed E-state index contributed by atoms with van der Waals surface area (Å²) in [5, 5.41) is 8.11. The molecule has 1 heterocycles. The minimum Gasteiger partial charge on any atom is -0.383 e. The van der Waals surface area contributed by atoms with Crippen molar-refractivity contribution >= 4 is 0 Å². The molecule has 21 heavy (non-hydrogen) atoms. The van der Waals surface area contributed by atoms with E-state index in [4.69, 9.17) is 9.84 Å². The summed E-state index contributed by atoms with van der Waals surface area (Å²) in [5.41, 5.74) is 3.94. The van der Waals surface area contributed by atoms with E-state index in [9.17, 15) is 0 Å². The maximum atomic E-state index is 5.04. The van der Waals surface area contributed by atoms with Gasteiger partial charge in [-0.25, -0.2) is 0 Å². The molecule has 0 aliphatic rings. The molecule has 0 aliphatic carbocycles. The fourth-order valence-corrected chi connectivity index (χ4v) is 2.69. The molecule has 0 saturated heterocycles. The number of aryl methyl sites for hydroxylation is 2. The number of rotatable bonds is 12. The molecule has 4 heteroatoms. The Hall–Kier alpha value is -0.870. The second kappa shape index (κ2) is 10.8. The maximum Gasteiger partial charge on any atom is 0.0628 e. The van der Waals surface area contributed by atoms with E-state index in [1.54, 1.807) is 7.11 Å². The van der Waals surface area contributed by atoms with Gasteiger partial charge in [-0.1, -0.05) is 32.6 Å². The summed E-state index contributed by atoms with van der Waals surface area (Å²) in [5.74, 6) is 0. The van der Waals surface area contributed by atoms with Gasteiger partial charge in [0.15, 0.2) is 0 Å². The normalized spacial score (nSPS) is 11.2. The van der Waals surface area contributed by atoms with E-state index in [1.807, 2.05) is 0 Å². The van der Waals surface area contributed by atoms with E-state index >= 15 is 0 Å². The SMILES string of the molecule is CCCCCCCn1nc(C)c(CCNCCOC)c1C. The molecule has 0 aliphatic heterocycles. The molecule has 0 radical (unpaired) electrons. The zero-order valence-corrected chi connectivity index (χ0v) is 14.4. The first kappa shape index (κ1) is 18.2. The number of aromatic nitrogens is 2. The van der Waals surface area contributed by atoms with Gasteiger partial charge in [0, 0.05) is 25.9 Å². The molecule has 1 rings (SSSR count). The lowest BCUT2D eigenvalue weighted by molar-refractivity contribution is 0.199. The fourth-order valence-electron chi connectivity index (χ4n) is 2.69. The van der Waals surface area contributed by atoms with Crippen molar-refractivity contribution in [1.29, 1.82) is 0 Å². The third-order valence-electron chi connectivity index (χ3n) is 4.04. The largest absolute Gasteiger partial charge is 0.383 e. The number of nitrogens with zero attached hydrogens (tertiary/aromatic N) is 2. The van der Waals surface area contributed by atoms with Crippen LogP contribution in [-0.2, 0) is 17.7 Å². The molecule has 1 N–H and O–H groups in total. The second-order valence-electron chi connectivity index (χ2n) is 5.78. The van der Waals surface area contributed by atoms with Crippen molar-refractivity contribution in [3.8, 4) is 0 Å². The van der Waals surface area contributed by atoms with Gasteiger partial charge in [0.25, 0.3) is 0 Å². The smallest absolute Gasteiger partial charge is 0.0628 e. The molecule has 0 spiro atoms. The van der Waals surface area contributed by atoms with Crippen LogP contribution in [0.3, 0.4) is 0 Å². The molecule has 4 nitrogen and oxygen atoms in total. The Morgan fingerprint density at radius 1 is 1.10 bits per heavy atom. The lowest BCUT2D eigenvalue weighted by Crippen LogP contribution is -2.22. The van der Waals surface area contributed by atoms with Gasteiger partial charge < -0.3 is 10.1 Å². The van der Waals surface area contributed by atoms with Crippen LogP contribution in [0.2, 0.25) is 0 Å². The van der Waals surface area contributed by atoms with Crippen LogP contribution in [0, 0.1) is 13.8 Å². The van der Waals surface area contributed by atoms with Gasteiger partial charge in [-0.05, 0) is 38.8 Å². The van der Waals surface area contributed by atoms with Crippen molar-refractivity contribution in [3.63, 3.8) is 0 Å². The van der Waals surface area contributed by atoms with Gasteiger partial charge in [-0.15, -0.1) is 0 Å². The van der Waals surface area contributed by atoms with Crippen LogP contribution < -0.4 is 5.32 Å². The molecular formula is C17H33N3O. The standard InChI is InChI=1S/C17H33N3O/c1-5-6-7-8-9-13-20-16(3)17(15(2)19-20)10-11-18-12-14-21-4/h18H,5-14H2,1-4H3. The monoisotopic (exact) mass is 295 g/mol. The molecule has 0 saturated carbocycles. The highest BCUT2D eigenvalue weighted by Crippen LogP contribution is 2.14. The van der Waals surface area contributed by atoms with Crippen molar-refractivity contribution in [2.75, 3.05) is 26.8 Å². The number of nitrogens with one attached hydrogen (secondary N) is 1. The summed E-state index contributed by atoms with van der Waals surface area (Å²) < 4.78 is 7.24. The first-order valence-corrected chi connectivity index (χ1v) is 8.43. The minimum atomic E-state index is 0.773. The van der Waals surface area contributed by atoms with E-state index in [1.165, 1.54) is 49.1 Å². The zero-order valence-electron chi connectivity index (χ0n) is 14.4. The Morgan fingerprint density at radius 2 is 1.86 bits per heavy atom. The van der Waals surface area contributed by atoms with Crippen molar-refractivity contribution in [3.05, 3.63) is 17.0 Å². The highest BCUT2D eigenvalue weighted by atomic mass is 16.5. The molecule has 0 atom stereocenters. The number of ether oxygens (including phenoxy) is 1. The third-order valence-corrected chi connectivity index (χ3v) is 4.04. The van der Waals surface area contributed by atoms with Crippen LogP contribution >= 0.6 is 0 Å². The molecule has 0 bridgehead atoms. The topological polar surface area (TPSA) is 39.1 Å². The molecule has 0 aromatic carbocycles. The van der Waals surface area contributed by atoms with Gasteiger partial charge in [0.05, 0.1) is 12.3 Å². The van der Waals surface area contributed by atoms with Gasteiger partial charge in [-0.2, -0.15) is 5.10 Å². The first-order valence-electron chi connectivity index (χ1n) is 8.43. The Labute approximate surface area is 130 Å². The zero-order chi connectivity index (χ0) is 15.5. The molecule has 0 fully saturated rings. The lowest BCUT2D eigenvalue weighted by atomic mass is 10.1. The highest BCUT2D eigenvalue weighted by molar-refractivity contribution is 5.24. The summed E-state index contributed by atoms with van der Waals surface area (Å²) in [6.45, 7) is 10.3. The average Bonchev–Trinajstić information content (AvgIpc) is 2.74.